The number of nitrogens with zero attached hydrogens (tertiary/aromatic N) is 2. The van der Waals surface area contributed by atoms with Crippen LogP contribution in [0.5, 0.6) is 0 Å². The highest BCUT2D eigenvalue weighted by molar-refractivity contribution is 5.91. The van der Waals surface area contributed by atoms with Gasteiger partial charge in [0.2, 0.25) is 0 Å². The van der Waals surface area contributed by atoms with Crippen molar-refractivity contribution in [2.45, 2.75) is 31.2 Å². The van der Waals surface area contributed by atoms with E-state index in [1.165, 1.54) is 24.1 Å². The third-order valence-electron chi connectivity index (χ3n) is 5.77. The van der Waals surface area contributed by atoms with Crippen LogP contribution in [0.3, 0.4) is 0 Å². The number of non-ortho nitro benzene ring substituents is 1. The van der Waals surface area contributed by atoms with Gasteiger partial charge in [0.05, 0.1) is 10.5 Å². The monoisotopic (exact) mass is 351 g/mol. The summed E-state index contributed by atoms with van der Waals surface area (Å²) >= 11 is 0. The third-order valence-corrected chi connectivity index (χ3v) is 5.77. The van der Waals surface area contributed by atoms with E-state index in [9.17, 15) is 14.9 Å². The van der Waals surface area contributed by atoms with Crippen LogP contribution in [0.15, 0.2) is 54.6 Å². The number of nitro groups is 1. The summed E-state index contributed by atoms with van der Waals surface area (Å²) in [4.78, 5) is 25.2. The Morgan fingerprint density at radius 2 is 1.85 bits per heavy atom. The molecule has 6 nitrogen and oxygen atoms in total. The van der Waals surface area contributed by atoms with Gasteiger partial charge in [-0.25, -0.2) is 4.79 Å². The number of fused-ring (bicyclic) bond motifs is 1. The van der Waals surface area contributed by atoms with Gasteiger partial charge in [-0.05, 0) is 30.5 Å². The Labute approximate surface area is 152 Å². The number of carbonyl (C=O) groups excluding carboxylic acids is 1. The Balaban J connectivity index is 1.56. The number of urea groups is 1. The zero-order valence-corrected chi connectivity index (χ0v) is 14.4. The number of nitro benzene ring substituents is 1. The Morgan fingerprint density at radius 1 is 1.12 bits per heavy atom. The van der Waals surface area contributed by atoms with E-state index in [2.05, 4.69) is 17.4 Å². The molecule has 4 rings (SSSR count). The molecule has 1 heterocycles. The first kappa shape index (κ1) is 16.6. The topological polar surface area (TPSA) is 75.5 Å². The summed E-state index contributed by atoms with van der Waals surface area (Å²) in [6, 6.07) is 16.1. The van der Waals surface area contributed by atoms with Crippen molar-refractivity contribution in [3.05, 3.63) is 70.3 Å². The number of rotatable bonds is 3. The van der Waals surface area contributed by atoms with Gasteiger partial charge in [0.15, 0.2) is 0 Å². The van der Waals surface area contributed by atoms with Crippen LogP contribution in [0.4, 0.5) is 16.2 Å². The van der Waals surface area contributed by atoms with Crippen molar-refractivity contribution in [3.63, 3.8) is 0 Å². The average Bonchev–Trinajstić information content (AvgIpc) is 2.64. The quantitative estimate of drug-likeness (QED) is 0.652. The summed E-state index contributed by atoms with van der Waals surface area (Å²) < 4.78 is 0. The Kier molecular flexibility index (Phi) is 4.11. The van der Waals surface area contributed by atoms with E-state index in [1.807, 2.05) is 23.1 Å². The smallest absolute Gasteiger partial charge is 0.314 e. The minimum absolute atomic E-state index is 0.0139. The van der Waals surface area contributed by atoms with E-state index in [1.54, 1.807) is 12.1 Å². The Morgan fingerprint density at radius 3 is 2.50 bits per heavy atom. The van der Waals surface area contributed by atoms with Crippen LogP contribution in [0, 0.1) is 16.0 Å². The zero-order chi connectivity index (χ0) is 18.1. The van der Waals surface area contributed by atoms with E-state index in [-0.39, 0.29) is 17.3 Å². The lowest BCUT2D eigenvalue weighted by molar-refractivity contribution is -0.384. The summed E-state index contributed by atoms with van der Waals surface area (Å²) in [5, 5.41) is 13.7. The second-order valence-corrected chi connectivity index (χ2v) is 7.08. The highest BCUT2D eigenvalue weighted by Gasteiger charge is 2.57. The molecule has 2 fully saturated rings. The van der Waals surface area contributed by atoms with Gasteiger partial charge in [-0.15, -0.1) is 0 Å². The number of hydrogen-bond donors (Lipinski definition) is 1. The number of nitrogens with one attached hydrogen (secondary N) is 1. The summed E-state index contributed by atoms with van der Waals surface area (Å²) in [6.45, 7) is 0.758. The van der Waals surface area contributed by atoms with Gasteiger partial charge in [-0.1, -0.05) is 43.2 Å². The average molecular weight is 351 g/mol. The SMILES string of the molecule is O=C(Nc1ccc([N+](=O)[O-])cc1)N1C[C@H]2CCCC[C@@]21c1ccccc1. The molecule has 134 valence electrons. The van der Waals surface area contributed by atoms with Crippen molar-refractivity contribution in [2.24, 2.45) is 5.92 Å². The Bertz CT molecular complexity index is 822. The largest absolute Gasteiger partial charge is 0.322 e. The molecule has 0 spiro atoms. The molecule has 1 saturated heterocycles. The first-order valence-electron chi connectivity index (χ1n) is 9.00. The molecule has 6 heteroatoms. The van der Waals surface area contributed by atoms with Gasteiger partial charge in [0.25, 0.3) is 5.69 Å². The van der Waals surface area contributed by atoms with Crippen molar-refractivity contribution < 1.29 is 9.72 Å². The molecule has 2 aliphatic rings. The van der Waals surface area contributed by atoms with Crippen LogP contribution in [0.1, 0.15) is 31.2 Å². The summed E-state index contributed by atoms with van der Waals surface area (Å²) in [7, 11) is 0. The molecule has 0 aromatic heterocycles. The maximum absolute atomic E-state index is 12.9. The van der Waals surface area contributed by atoms with Gasteiger partial charge in [-0.2, -0.15) is 0 Å². The normalized spacial score (nSPS) is 24.3. The van der Waals surface area contributed by atoms with Gasteiger partial charge >= 0.3 is 6.03 Å². The second-order valence-electron chi connectivity index (χ2n) is 7.08. The molecule has 1 aliphatic carbocycles. The molecule has 2 amide bonds. The number of likely N-dealkylation sites (tertiary alicyclic amines) is 1. The minimum Gasteiger partial charge on any atom is -0.314 e. The first-order valence-corrected chi connectivity index (χ1v) is 9.00. The molecular weight excluding hydrogens is 330 g/mol. The van der Waals surface area contributed by atoms with Gasteiger partial charge in [0, 0.05) is 30.3 Å². The van der Waals surface area contributed by atoms with Crippen LogP contribution in [0.2, 0.25) is 0 Å². The van der Waals surface area contributed by atoms with E-state index in [4.69, 9.17) is 0 Å². The van der Waals surface area contributed by atoms with Gasteiger partial charge < -0.3 is 10.2 Å². The van der Waals surface area contributed by atoms with E-state index in [0.29, 0.717) is 11.6 Å². The fourth-order valence-electron chi connectivity index (χ4n) is 4.48. The fourth-order valence-corrected chi connectivity index (χ4v) is 4.48. The zero-order valence-electron chi connectivity index (χ0n) is 14.4. The van der Waals surface area contributed by atoms with Crippen molar-refractivity contribution in [2.75, 3.05) is 11.9 Å². The lowest BCUT2D eigenvalue weighted by Gasteiger charge is -2.61. The fraction of sp³-hybridized carbons (Fsp3) is 0.350. The number of hydrogen-bond acceptors (Lipinski definition) is 3. The van der Waals surface area contributed by atoms with Crippen molar-refractivity contribution in [1.82, 2.24) is 4.90 Å². The number of amides is 2. The summed E-state index contributed by atoms with van der Waals surface area (Å²) in [5.41, 5.74) is 1.57. The van der Waals surface area contributed by atoms with E-state index < -0.39 is 4.92 Å². The number of carbonyl (C=O) groups is 1. The van der Waals surface area contributed by atoms with Gasteiger partial charge in [-0.3, -0.25) is 10.1 Å². The van der Waals surface area contributed by atoms with Crippen LogP contribution in [0.25, 0.3) is 0 Å². The summed E-state index contributed by atoms with van der Waals surface area (Å²) in [5.74, 6) is 0.501. The van der Waals surface area contributed by atoms with E-state index >= 15 is 0 Å². The maximum atomic E-state index is 12.9. The Hall–Kier alpha value is -2.89. The molecular formula is C20H21N3O3. The lowest BCUT2D eigenvalue weighted by atomic mass is 9.62. The molecule has 2 atom stereocenters. The minimum atomic E-state index is -0.446. The van der Waals surface area contributed by atoms with Gasteiger partial charge in [0.1, 0.15) is 0 Å². The van der Waals surface area contributed by atoms with Crippen LogP contribution in [-0.2, 0) is 5.54 Å². The van der Waals surface area contributed by atoms with Crippen LogP contribution >= 0.6 is 0 Å². The third kappa shape index (κ3) is 2.62. The highest BCUT2D eigenvalue weighted by atomic mass is 16.6. The highest BCUT2D eigenvalue weighted by Crippen LogP contribution is 2.53. The molecule has 1 saturated carbocycles. The molecule has 0 unspecified atom stereocenters. The standard InChI is InChI=1S/C20H21N3O3/c24-19(21-17-9-11-18(12-10-17)23(25)26)22-14-16-8-4-5-13-20(16,22)15-6-2-1-3-7-15/h1-3,6-7,9-12,16H,4-5,8,13-14H2,(H,21,24)/t16-,20-/m1/s1. The molecule has 1 aliphatic heterocycles. The first-order chi connectivity index (χ1) is 12.6. The molecule has 2 aromatic carbocycles. The maximum Gasteiger partial charge on any atom is 0.322 e. The summed E-state index contributed by atoms with van der Waals surface area (Å²) in [6.07, 6.45) is 4.47. The van der Waals surface area contributed by atoms with Crippen LogP contribution in [-0.4, -0.2) is 22.4 Å². The van der Waals surface area contributed by atoms with Crippen molar-refractivity contribution in [1.29, 1.82) is 0 Å². The molecule has 26 heavy (non-hydrogen) atoms. The lowest BCUT2D eigenvalue weighted by Crippen LogP contribution is -2.68. The van der Waals surface area contributed by atoms with E-state index in [0.717, 1.165) is 25.8 Å². The number of anilines is 1. The van der Waals surface area contributed by atoms with Crippen molar-refractivity contribution in [3.8, 4) is 0 Å². The van der Waals surface area contributed by atoms with Crippen molar-refractivity contribution >= 4 is 17.4 Å². The van der Waals surface area contributed by atoms with Crippen LogP contribution < -0.4 is 5.32 Å². The predicted octanol–water partition coefficient (Wildman–Crippen LogP) is 4.53. The second kappa shape index (κ2) is 6.44. The molecule has 0 radical (unpaired) electrons. The molecule has 2 aromatic rings. The molecule has 1 N–H and O–H groups in total. The molecule has 0 bridgehead atoms. The predicted molar refractivity (Wildman–Crippen MR) is 98.9 cm³/mol. The number of benzene rings is 2.